The summed E-state index contributed by atoms with van der Waals surface area (Å²) < 4.78 is 0. The summed E-state index contributed by atoms with van der Waals surface area (Å²) in [6, 6.07) is 11.5. The van der Waals surface area contributed by atoms with E-state index in [1.165, 1.54) is 34.5 Å². The molecular weight excluding hydrogens is 392 g/mol. The monoisotopic (exact) mass is 422 g/mol. The first-order valence-electron chi connectivity index (χ1n) is 11.1. The van der Waals surface area contributed by atoms with Crippen LogP contribution in [-0.2, 0) is 24.2 Å². The predicted octanol–water partition coefficient (Wildman–Crippen LogP) is 3.18. The molecule has 5 rings (SSSR count). The lowest BCUT2D eigenvalue weighted by Gasteiger charge is -2.29. The normalized spacial score (nSPS) is 26.2. The van der Waals surface area contributed by atoms with E-state index >= 15 is 0 Å². The zero-order valence-corrected chi connectivity index (χ0v) is 18.3. The van der Waals surface area contributed by atoms with E-state index in [0.717, 1.165) is 32.4 Å². The number of nitrogens with zero attached hydrogens (tertiary/aromatic N) is 2. The van der Waals surface area contributed by atoms with Crippen LogP contribution in [0.4, 0.5) is 5.69 Å². The second-order valence-electron chi connectivity index (χ2n) is 8.85. The van der Waals surface area contributed by atoms with Crippen LogP contribution < -0.4 is 15.5 Å². The Labute approximate surface area is 182 Å². The third-order valence-corrected chi connectivity index (χ3v) is 7.89. The van der Waals surface area contributed by atoms with Crippen LogP contribution in [0.3, 0.4) is 0 Å². The lowest BCUT2D eigenvalue weighted by Crippen LogP contribution is -2.51. The summed E-state index contributed by atoms with van der Waals surface area (Å²) in [4.78, 5) is 21.0. The van der Waals surface area contributed by atoms with Crippen LogP contribution in [-0.4, -0.2) is 43.8 Å². The van der Waals surface area contributed by atoms with Crippen LogP contribution in [0.1, 0.15) is 35.3 Å². The molecule has 6 heteroatoms. The summed E-state index contributed by atoms with van der Waals surface area (Å²) in [5, 5.41) is 8.91. The Morgan fingerprint density at radius 1 is 1.33 bits per heavy atom. The molecule has 1 aromatic carbocycles. The minimum Gasteiger partial charge on any atom is -0.367 e. The van der Waals surface area contributed by atoms with Gasteiger partial charge in [0.15, 0.2) is 0 Å². The molecule has 2 fully saturated rings. The third-order valence-electron chi connectivity index (χ3n) is 6.86. The van der Waals surface area contributed by atoms with E-state index in [-0.39, 0.29) is 18.0 Å². The summed E-state index contributed by atoms with van der Waals surface area (Å²) >= 11 is 1.88. The topological polar surface area (TPSA) is 56.7 Å². The molecule has 5 nitrogen and oxygen atoms in total. The number of fused-ring (bicyclic) bond motifs is 3. The standard InChI is InChI=1S/C24H30N4OS/c1-25-14-20(27-24(29)23-17-4-5-19(13-17)26-23)12-16-2-6-21(7-3-16)28-10-8-22-18(15-28)9-11-30-22/h2-3,6-7,9,11,14,17,19-20,23,26H,4-5,8,10,12-13,15H2,1H3,(H,27,29)/b25-14+/t17-,19+,20-,23-/m0/s1. The fourth-order valence-corrected chi connectivity index (χ4v) is 6.20. The van der Waals surface area contributed by atoms with E-state index in [1.54, 1.807) is 7.05 Å². The minimum atomic E-state index is -0.0716. The first kappa shape index (κ1) is 19.8. The zero-order valence-electron chi connectivity index (χ0n) is 17.5. The number of aliphatic imine (C=N–C) groups is 1. The number of amides is 1. The van der Waals surface area contributed by atoms with Gasteiger partial charge in [-0.05, 0) is 72.7 Å². The number of anilines is 1. The highest BCUT2D eigenvalue weighted by Crippen LogP contribution is 2.35. The van der Waals surface area contributed by atoms with Crippen molar-refractivity contribution in [2.75, 3.05) is 18.5 Å². The van der Waals surface area contributed by atoms with Gasteiger partial charge in [-0.3, -0.25) is 9.79 Å². The van der Waals surface area contributed by atoms with Gasteiger partial charge in [-0.25, -0.2) is 0 Å². The van der Waals surface area contributed by atoms with Crippen LogP contribution in [0.15, 0.2) is 40.7 Å². The molecule has 3 aliphatic rings. The Kier molecular flexibility index (Phi) is 5.61. The largest absolute Gasteiger partial charge is 0.367 e. The van der Waals surface area contributed by atoms with Gasteiger partial charge in [0.2, 0.25) is 5.91 Å². The van der Waals surface area contributed by atoms with E-state index < -0.39 is 0 Å². The van der Waals surface area contributed by atoms with Gasteiger partial charge in [0.25, 0.3) is 0 Å². The quantitative estimate of drug-likeness (QED) is 0.703. The Balaban J connectivity index is 1.21. The van der Waals surface area contributed by atoms with Gasteiger partial charge in [0, 0.05) is 43.0 Å². The van der Waals surface area contributed by atoms with Crippen LogP contribution in [0, 0.1) is 5.92 Å². The highest BCUT2D eigenvalue weighted by molar-refractivity contribution is 7.10. The molecule has 2 aliphatic heterocycles. The van der Waals surface area contributed by atoms with E-state index in [9.17, 15) is 4.79 Å². The summed E-state index contributed by atoms with van der Waals surface area (Å²) in [6.07, 6.45) is 7.29. The molecule has 4 atom stereocenters. The molecule has 1 saturated carbocycles. The second kappa shape index (κ2) is 8.52. The second-order valence-corrected chi connectivity index (χ2v) is 9.85. The molecule has 1 aromatic heterocycles. The molecule has 2 aromatic rings. The summed E-state index contributed by atoms with van der Waals surface area (Å²) in [6.45, 7) is 2.07. The first-order chi connectivity index (χ1) is 14.7. The molecule has 0 spiro atoms. The number of rotatable bonds is 6. The number of hydrogen-bond donors (Lipinski definition) is 2. The molecular formula is C24H30N4OS. The number of carbonyl (C=O) groups is 1. The summed E-state index contributed by atoms with van der Waals surface area (Å²) in [5.41, 5.74) is 3.95. The van der Waals surface area contributed by atoms with Crippen LogP contribution in [0.25, 0.3) is 0 Å². The van der Waals surface area contributed by atoms with Crippen molar-refractivity contribution in [3.05, 3.63) is 51.7 Å². The molecule has 158 valence electrons. The Hall–Kier alpha value is -2.18. The van der Waals surface area contributed by atoms with Crippen molar-refractivity contribution in [3.63, 3.8) is 0 Å². The van der Waals surface area contributed by atoms with Crippen LogP contribution >= 0.6 is 11.3 Å². The predicted molar refractivity (Wildman–Crippen MR) is 124 cm³/mol. The maximum Gasteiger partial charge on any atom is 0.237 e. The average molecular weight is 423 g/mol. The molecule has 0 unspecified atom stereocenters. The summed E-state index contributed by atoms with van der Waals surface area (Å²) in [5.74, 6) is 0.630. The molecule has 1 saturated heterocycles. The minimum absolute atomic E-state index is 0.0278. The van der Waals surface area contributed by atoms with Crippen molar-refractivity contribution < 1.29 is 4.79 Å². The van der Waals surface area contributed by atoms with Crippen molar-refractivity contribution in [2.24, 2.45) is 10.9 Å². The highest BCUT2D eigenvalue weighted by atomic mass is 32.1. The van der Waals surface area contributed by atoms with Crippen molar-refractivity contribution in [2.45, 2.75) is 56.8 Å². The van der Waals surface area contributed by atoms with Gasteiger partial charge in [-0.1, -0.05) is 12.1 Å². The molecule has 2 bridgehead atoms. The molecule has 2 N–H and O–H groups in total. The van der Waals surface area contributed by atoms with Gasteiger partial charge < -0.3 is 15.5 Å². The molecule has 30 heavy (non-hydrogen) atoms. The van der Waals surface area contributed by atoms with Gasteiger partial charge >= 0.3 is 0 Å². The number of hydrogen-bond acceptors (Lipinski definition) is 5. The fraction of sp³-hybridized carbons (Fsp3) is 0.500. The van der Waals surface area contributed by atoms with E-state index in [2.05, 4.69) is 56.2 Å². The van der Waals surface area contributed by atoms with Crippen molar-refractivity contribution in [1.29, 1.82) is 0 Å². The number of thiophene rings is 1. The maximum atomic E-state index is 12.8. The van der Waals surface area contributed by atoms with Crippen LogP contribution in [0.5, 0.6) is 0 Å². The molecule has 3 heterocycles. The molecule has 1 aliphatic carbocycles. The zero-order chi connectivity index (χ0) is 20.5. The van der Waals surface area contributed by atoms with Gasteiger partial charge in [0.05, 0.1) is 12.1 Å². The third kappa shape index (κ3) is 4.03. The van der Waals surface area contributed by atoms with Gasteiger partial charge in [-0.15, -0.1) is 11.3 Å². The Bertz CT molecular complexity index is 922. The fourth-order valence-electron chi connectivity index (χ4n) is 5.31. The highest BCUT2D eigenvalue weighted by Gasteiger charge is 2.42. The Morgan fingerprint density at radius 3 is 2.93 bits per heavy atom. The maximum absolute atomic E-state index is 12.8. The first-order valence-corrected chi connectivity index (χ1v) is 12.0. The van der Waals surface area contributed by atoms with E-state index in [4.69, 9.17) is 0 Å². The summed E-state index contributed by atoms with van der Waals surface area (Å²) in [7, 11) is 1.77. The van der Waals surface area contributed by atoms with Crippen molar-refractivity contribution >= 4 is 29.1 Å². The molecule has 1 amide bonds. The van der Waals surface area contributed by atoms with Crippen molar-refractivity contribution in [1.82, 2.24) is 10.6 Å². The van der Waals surface area contributed by atoms with Crippen LogP contribution in [0.2, 0.25) is 0 Å². The number of carbonyl (C=O) groups excluding carboxylic acids is 1. The lowest BCUT2D eigenvalue weighted by molar-refractivity contribution is -0.124. The van der Waals surface area contributed by atoms with Gasteiger partial charge in [-0.2, -0.15) is 0 Å². The van der Waals surface area contributed by atoms with Crippen molar-refractivity contribution in [3.8, 4) is 0 Å². The number of nitrogens with one attached hydrogen (secondary N) is 2. The lowest BCUT2D eigenvalue weighted by atomic mass is 9.98. The number of benzene rings is 1. The number of piperidine rings is 1. The smallest absolute Gasteiger partial charge is 0.237 e. The SMILES string of the molecule is C/N=C/[C@H](Cc1ccc(N2CCc3sccc3C2)cc1)NC(=O)[C@H]1N[C@@H]2CC[C@H]1C2. The van der Waals surface area contributed by atoms with E-state index in [1.807, 2.05) is 17.6 Å². The van der Waals surface area contributed by atoms with Gasteiger partial charge in [0.1, 0.15) is 0 Å². The molecule has 0 radical (unpaired) electrons. The Morgan fingerprint density at radius 2 is 2.20 bits per heavy atom. The average Bonchev–Trinajstić information content (AvgIpc) is 3.51. The van der Waals surface area contributed by atoms with E-state index in [0.29, 0.717) is 12.0 Å².